The molecule has 0 bridgehead atoms. The zero-order chi connectivity index (χ0) is 23.4. The summed E-state index contributed by atoms with van der Waals surface area (Å²) in [6.45, 7) is 1.88. The zero-order valence-corrected chi connectivity index (χ0v) is 18.8. The van der Waals surface area contributed by atoms with E-state index < -0.39 is 30.4 Å². The van der Waals surface area contributed by atoms with Crippen molar-refractivity contribution >= 4 is 29.3 Å². The quantitative estimate of drug-likeness (QED) is 0.461. The van der Waals surface area contributed by atoms with Crippen LogP contribution in [0.3, 0.4) is 0 Å². The fourth-order valence-electron chi connectivity index (χ4n) is 4.09. The molecule has 0 aliphatic heterocycles. The first-order chi connectivity index (χ1) is 15.9. The highest BCUT2D eigenvalue weighted by Crippen LogP contribution is 2.44. The van der Waals surface area contributed by atoms with Crippen LogP contribution in [0, 0.1) is 0 Å². The van der Waals surface area contributed by atoms with Crippen molar-refractivity contribution in [3.05, 3.63) is 82.0 Å². The maximum atomic E-state index is 12.7. The standard InChI is InChI=1S/C25H24N2O5S/c1-15(22-11-6-12-33-22)26-24(30)21(13-23(28)29)27-25(31)32-14-20-18-9-4-2-7-16(18)17-8-3-5-10-19(17)20/h2-12,15,20-21H,13-14H2,1H3,(H,26,30)(H,27,31)(H,28,29). The summed E-state index contributed by atoms with van der Waals surface area (Å²) in [7, 11) is 0. The third-order valence-electron chi connectivity index (χ3n) is 5.66. The van der Waals surface area contributed by atoms with E-state index in [0.29, 0.717) is 0 Å². The van der Waals surface area contributed by atoms with Gasteiger partial charge in [-0.1, -0.05) is 54.6 Å². The molecular formula is C25H24N2O5S. The van der Waals surface area contributed by atoms with Gasteiger partial charge in [-0.3, -0.25) is 9.59 Å². The monoisotopic (exact) mass is 464 g/mol. The Bertz CT molecular complexity index is 1120. The summed E-state index contributed by atoms with van der Waals surface area (Å²) < 4.78 is 5.46. The molecule has 0 saturated heterocycles. The minimum Gasteiger partial charge on any atom is -0.481 e. The Kier molecular flexibility index (Phi) is 6.74. The third kappa shape index (κ3) is 5.06. The number of amides is 2. The summed E-state index contributed by atoms with van der Waals surface area (Å²) >= 11 is 1.48. The molecule has 1 heterocycles. The van der Waals surface area contributed by atoms with Crippen LogP contribution < -0.4 is 10.6 Å². The molecule has 7 nitrogen and oxygen atoms in total. The average molecular weight is 465 g/mol. The predicted octanol–water partition coefficient (Wildman–Crippen LogP) is 4.31. The van der Waals surface area contributed by atoms with Crippen molar-refractivity contribution < 1.29 is 24.2 Å². The van der Waals surface area contributed by atoms with Crippen molar-refractivity contribution in [2.45, 2.75) is 31.3 Å². The first-order valence-electron chi connectivity index (χ1n) is 10.6. The Morgan fingerprint density at radius 3 is 2.18 bits per heavy atom. The number of hydrogen-bond donors (Lipinski definition) is 3. The number of alkyl carbamates (subject to hydrolysis) is 1. The van der Waals surface area contributed by atoms with Crippen LogP contribution in [-0.4, -0.2) is 35.7 Å². The lowest BCUT2D eigenvalue weighted by molar-refractivity contribution is -0.140. The molecule has 0 fully saturated rings. The lowest BCUT2D eigenvalue weighted by Gasteiger charge is -2.20. The number of rotatable bonds is 8. The molecule has 8 heteroatoms. The van der Waals surface area contributed by atoms with Gasteiger partial charge in [-0.05, 0) is 40.6 Å². The van der Waals surface area contributed by atoms with E-state index in [1.165, 1.54) is 11.3 Å². The smallest absolute Gasteiger partial charge is 0.407 e. The van der Waals surface area contributed by atoms with Crippen molar-refractivity contribution in [3.63, 3.8) is 0 Å². The topological polar surface area (TPSA) is 105 Å². The van der Waals surface area contributed by atoms with E-state index in [1.807, 2.05) is 66.0 Å². The van der Waals surface area contributed by atoms with Gasteiger partial charge in [0.1, 0.15) is 12.6 Å². The molecule has 4 rings (SSSR count). The molecule has 2 amide bonds. The number of fused-ring (bicyclic) bond motifs is 3. The number of carboxylic acid groups (broad SMARTS) is 1. The van der Waals surface area contributed by atoms with E-state index in [2.05, 4.69) is 10.6 Å². The largest absolute Gasteiger partial charge is 0.481 e. The molecule has 3 N–H and O–H groups in total. The Hall–Kier alpha value is -3.65. The van der Waals surface area contributed by atoms with Crippen molar-refractivity contribution in [1.82, 2.24) is 10.6 Å². The Morgan fingerprint density at radius 2 is 1.61 bits per heavy atom. The van der Waals surface area contributed by atoms with Crippen molar-refractivity contribution in [2.75, 3.05) is 6.61 Å². The molecule has 1 aliphatic carbocycles. The first kappa shape index (κ1) is 22.5. The molecule has 1 aromatic heterocycles. The molecule has 33 heavy (non-hydrogen) atoms. The number of aliphatic carboxylic acids is 1. The second-order valence-electron chi connectivity index (χ2n) is 7.87. The molecule has 2 atom stereocenters. The van der Waals surface area contributed by atoms with Gasteiger partial charge in [0, 0.05) is 10.8 Å². The predicted molar refractivity (Wildman–Crippen MR) is 125 cm³/mol. The minimum atomic E-state index is -1.25. The van der Waals surface area contributed by atoms with E-state index in [1.54, 1.807) is 6.92 Å². The summed E-state index contributed by atoms with van der Waals surface area (Å²) in [5.74, 6) is -1.90. The number of thiophene rings is 1. The molecule has 3 aromatic rings. The molecule has 0 saturated carbocycles. The van der Waals surface area contributed by atoms with E-state index in [-0.39, 0.29) is 18.6 Å². The lowest BCUT2D eigenvalue weighted by Crippen LogP contribution is -2.48. The number of nitrogens with one attached hydrogen (secondary N) is 2. The number of carbonyl (C=O) groups excluding carboxylic acids is 2. The van der Waals surface area contributed by atoms with Crippen LogP contribution in [0.25, 0.3) is 11.1 Å². The van der Waals surface area contributed by atoms with E-state index >= 15 is 0 Å². The van der Waals surface area contributed by atoms with Gasteiger partial charge in [-0.2, -0.15) is 0 Å². The van der Waals surface area contributed by atoms with Gasteiger partial charge in [-0.25, -0.2) is 4.79 Å². The zero-order valence-electron chi connectivity index (χ0n) is 18.0. The van der Waals surface area contributed by atoms with Gasteiger partial charge in [-0.15, -0.1) is 11.3 Å². The number of benzene rings is 2. The van der Waals surface area contributed by atoms with E-state index in [9.17, 15) is 19.5 Å². The normalized spacial score (nSPS) is 14.0. The molecule has 0 radical (unpaired) electrons. The molecule has 2 aromatic carbocycles. The van der Waals surface area contributed by atoms with Crippen molar-refractivity contribution in [2.24, 2.45) is 0 Å². The number of carboxylic acids is 1. The summed E-state index contributed by atoms with van der Waals surface area (Å²) in [6.07, 6.45) is -1.38. The van der Waals surface area contributed by atoms with Crippen LogP contribution in [0.5, 0.6) is 0 Å². The maximum absolute atomic E-state index is 12.7. The van der Waals surface area contributed by atoms with Crippen LogP contribution in [0.1, 0.15) is 41.3 Å². The number of hydrogen-bond acceptors (Lipinski definition) is 5. The fraction of sp³-hybridized carbons (Fsp3) is 0.240. The SMILES string of the molecule is CC(NC(=O)C(CC(=O)O)NC(=O)OCC1c2ccccc2-c2ccccc21)c1cccs1. The Balaban J connectivity index is 1.41. The van der Waals surface area contributed by atoms with Crippen LogP contribution in [0.2, 0.25) is 0 Å². The van der Waals surface area contributed by atoms with Gasteiger partial charge in [0.15, 0.2) is 0 Å². The maximum Gasteiger partial charge on any atom is 0.407 e. The van der Waals surface area contributed by atoms with Crippen LogP contribution in [-0.2, 0) is 14.3 Å². The number of ether oxygens (including phenoxy) is 1. The second kappa shape index (κ2) is 9.87. The summed E-state index contributed by atoms with van der Waals surface area (Å²) in [5.41, 5.74) is 4.34. The lowest BCUT2D eigenvalue weighted by atomic mass is 9.98. The summed E-state index contributed by atoms with van der Waals surface area (Å²) in [4.78, 5) is 37.4. The highest BCUT2D eigenvalue weighted by Gasteiger charge is 2.30. The van der Waals surface area contributed by atoms with E-state index in [0.717, 1.165) is 27.1 Å². The average Bonchev–Trinajstić information content (AvgIpc) is 3.44. The second-order valence-corrected chi connectivity index (χ2v) is 8.85. The molecule has 0 spiro atoms. The molecule has 1 aliphatic rings. The Labute approximate surface area is 195 Å². The minimum absolute atomic E-state index is 0.0763. The highest BCUT2D eigenvalue weighted by molar-refractivity contribution is 7.10. The van der Waals surface area contributed by atoms with Crippen LogP contribution in [0.15, 0.2) is 66.0 Å². The van der Waals surface area contributed by atoms with Crippen molar-refractivity contribution in [3.8, 4) is 11.1 Å². The van der Waals surface area contributed by atoms with Gasteiger partial charge in [0.25, 0.3) is 0 Å². The summed E-state index contributed by atoms with van der Waals surface area (Å²) in [5, 5.41) is 16.3. The van der Waals surface area contributed by atoms with Gasteiger partial charge >= 0.3 is 12.1 Å². The Morgan fingerprint density at radius 1 is 0.970 bits per heavy atom. The highest BCUT2D eigenvalue weighted by atomic mass is 32.1. The third-order valence-corrected chi connectivity index (χ3v) is 6.71. The van der Waals surface area contributed by atoms with Crippen molar-refractivity contribution in [1.29, 1.82) is 0 Å². The van der Waals surface area contributed by atoms with Crippen LogP contribution >= 0.6 is 11.3 Å². The van der Waals surface area contributed by atoms with Gasteiger partial charge in [0.05, 0.1) is 12.5 Å². The van der Waals surface area contributed by atoms with Gasteiger partial charge < -0.3 is 20.5 Å². The van der Waals surface area contributed by atoms with Gasteiger partial charge in [0.2, 0.25) is 5.91 Å². The molecular weight excluding hydrogens is 440 g/mol. The molecule has 2 unspecified atom stereocenters. The van der Waals surface area contributed by atoms with E-state index in [4.69, 9.17) is 4.74 Å². The molecule has 170 valence electrons. The van der Waals surface area contributed by atoms with Crippen LogP contribution in [0.4, 0.5) is 4.79 Å². The fourth-order valence-corrected chi connectivity index (χ4v) is 4.82. The number of carbonyl (C=O) groups is 3. The summed E-state index contributed by atoms with van der Waals surface area (Å²) in [6, 6.07) is 18.1. The first-order valence-corrected chi connectivity index (χ1v) is 11.5.